The number of methoxy groups -OCH3 is 1. The number of benzene rings is 1. The van der Waals surface area contributed by atoms with Crippen LogP contribution < -0.4 is 4.74 Å². The molecule has 4 heteroatoms. The summed E-state index contributed by atoms with van der Waals surface area (Å²) in [6.45, 7) is 1.08. The molecule has 0 aliphatic heterocycles. The molecule has 14 heavy (non-hydrogen) atoms. The van der Waals surface area contributed by atoms with Crippen molar-refractivity contribution in [1.82, 2.24) is 0 Å². The maximum Gasteiger partial charge on any atom is 0.138 e. The first-order valence-corrected chi connectivity index (χ1v) is 5.74. The summed E-state index contributed by atoms with van der Waals surface area (Å²) in [5.74, 6) is 0.709. The van der Waals surface area contributed by atoms with Gasteiger partial charge in [-0.2, -0.15) is 0 Å². The molecule has 78 valence electrons. The van der Waals surface area contributed by atoms with Gasteiger partial charge in [0.1, 0.15) is 12.4 Å². The van der Waals surface area contributed by atoms with E-state index < -0.39 is 0 Å². The first-order chi connectivity index (χ1) is 6.77. The molecule has 0 radical (unpaired) electrons. The Labute approximate surface area is 97.3 Å². The maximum atomic E-state index is 5.95. The van der Waals surface area contributed by atoms with E-state index in [0.717, 1.165) is 10.9 Å². The highest BCUT2D eigenvalue weighted by atomic mass is 79.9. The fraction of sp³-hybridized carbons (Fsp3) is 0.400. The molecule has 0 spiro atoms. The van der Waals surface area contributed by atoms with Gasteiger partial charge in [-0.15, -0.1) is 0 Å². The zero-order chi connectivity index (χ0) is 10.4. The third kappa shape index (κ3) is 3.48. The number of hydrogen-bond acceptors (Lipinski definition) is 2. The van der Waals surface area contributed by atoms with Gasteiger partial charge < -0.3 is 9.47 Å². The summed E-state index contributed by atoms with van der Waals surface area (Å²) in [7, 11) is 1.64. The average molecular weight is 280 g/mol. The Kier molecular flexibility index (Phi) is 5.30. The minimum atomic E-state index is 0.516. The molecule has 1 aromatic rings. The van der Waals surface area contributed by atoms with Gasteiger partial charge in [0.15, 0.2) is 0 Å². The molecule has 0 fully saturated rings. The van der Waals surface area contributed by atoms with Gasteiger partial charge in [-0.1, -0.05) is 33.6 Å². The van der Waals surface area contributed by atoms with Crippen LogP contribution in [0.1, 0.15) is 5.56 Å². The van der Waals surface area contributed by atoms with E-state index in [1.807, 2.05) is 18.2 Å². The highest BCUT2D eigenvalue weighted by molar-refractivity contribution is 9.08. The fourth-order valence-corrected chi connectivity index (χ4v) is 1.50. The van der Waals surface area contributed by atoms with Crippen LogP contribution in [0.3, 0.4) is 0 Å². The summed E-state index contributed by atoms with van der Waals surface area (Å²) in [6.07, 6.45) is 0. The Hall–Kier alpha value is -0.250. The van der Waals surface area contributed by atoms with Crippen LogP contribution >= 0.6 is 27.5 Å². The van der Waals surface area contributed by atoms with Crippen molar-refractivity contribution in [1.29, 1.82) is 0 Å². The molecule has 0 bridgehead atoms. The molecule has 0 saturated heterocycles. The Bertz CT molecular complexity index is 291. The summed E-state index contributed by atoms with van der Waals surface area (Å²) < 4.78 is 10.3. The molecule has 0 aromatic heterocycles. The molecule has 0 heterocycles. The van der Waals surface area contributed by atoms with Gasteiger partial charge in [0.2, 0.25) is 0 Å². The number of alkyl halides is 1. The van der Waals surface area contributed by atoms with Crippen LogP contribution in [0.2, 0.25) is 5.02 Å². The Balaban J connectivity index is 2.64. The van der Waals surface area contributed by atoms with E-state index in [4.69, 9.17) is 21.1 Å². The molecule has 1 aromatic carbocycles. The molecule has 2 nitrogen and oxygen atoms in total. The number of ether oxygens (including phenoxy) is 2. The van der Waals surface area contributed by atoms with Crippen molar-refractivity contribution in [3.05, 3.63) is 28.8 Å². The van der Waals surface area contributed by atoms with E-state index >= 15 is 0 Å². The van der Waals surface area contributed by atoms with Crippen LogP contribution in [0.5, 0.6) is 5.75 Å². The lowest BCUT2D eigenvalue weighted by Gasteiger charge is -2.08. The predicted octanol–water partition coefficient (Wildman–Crippen LogP) is 3.26. The van der Waals surface area contributed by atoms with Crippen LogP contribution in [0.25, 0.3) is 0 Å². The van der Waals surface area contributed by atoms with E-state index in [0.29, 0.717) is 24.0 Å². The lowest BCUT2D eigenvalue weighted by atomic mass is 10.2. The summed E-state index contributed by atoms with van der Waals surface area (Å²) in [6, 6.07) is 5.72. The van der Waals surface area contributed by atoms with Gasteiger partial charge >= 0.3 is 0 Å². The molecule has 0 unspecified atom stereocenters. The fourth-order valence-electron chi connectivity index (χ4n) is 0.976. The standard InChI is InChI=1S/C10H12BrClO2/c1-13-4-5-14-10-6-8(7-11)2-3-9(10)12/h2-3,6H,4-5,7H2,1H3. The molecule has 0 saturated carbocycles. The summed E-state index contributed by atoms with van der Waals surface area (Å²) in [5, 5.41) is 1.43. The predicted molar refractivity (Wildman–Crippen MR) is 61.5 cm³/mol. The van der Waals surface area contributed by atoms with Crippen molar-refractivity contribution in [3.8, 4) is 5.75 Å². The lowest BCUT2D eigenvalue weighted by molar-refractivity contribution is 0.146. The van der Waals surface area contributed by atoms with Crippen LogP contribution in [-0.2, 0) is 10.1 Å². The monoisotopic (exact) mass is 278 g/mol. The van der Waals surface area contributed by atoms with Crippen molar-refractivity contribution < 1.29 is 9.47 Å². The summed E-state index contributed by atoms with van der Waals surface area (Å²) in [4.78, 5) is 0. The molecular weight excluding hydrogens is 267 g/mol. The Morgan fingerprint density at radius 3 is 2.79 bits per heavy atom. The first kappa shape index (κ1) is 11.8. The van der Waals surface area contributed by atoms with Gasteiger partial charge in [-0.05, 0) is 17.7 Å². The minimum Gasteiger partial charge on any atom is -0.490 e. The number of hydrogen-bond donors (Lipinski definition) is 0. The first-order valence-electron chi connectivity index (χ1n) is 4.24. The third-order valence-electron chi connectivity index (χ3n) is 1.69. The second-order valence-corrected chi connectivity index (χ2v) is 3.71. The molecular formula is C10H12BrClO2. The smallest absolute Gasteiger partial charge is 0.138 e. The van der Waals surface area contributed by atoms with E-state index in [-0.39, 0.29) is 0 Å². The maximum absolute atomic E-state index is 5.95. The molecule has 1 rings (SSSR count). The van der Waals surface area contributed by atoms with Crippen molar-refractivity contribution >= 4 is 27.5 Å². The summed E-state index contributed by atoms with van der Waals surface area (Å²) in [5.41, 5.74) is 1.14. The van der Waals surface area contributed by atoms with Crippen molar-refractivity contribution in [2.75, 3.05) is 20.3 Å². The molecule has 0 aliphatic rings. The normalized spacial score (nSPS) is 10.2. The summed E-state index contributed by atoms with van der Waals surface area (Å²) >= 11 is 9.33. The Morgan fingerprint density at radius 2 is 2.14 bits per heavy atom. The molecule has 0 N–H and O–H groups in total. The van der Waals surface area contributed by atoms with E-state index in [9.17, 15) is 0 Å². The topological polar surface area (TPSA) is 18.5 Å². The van der Waals surface area contributed by atoms with E-state index in [1.165, 1.54) is 0 Å². The van der Waals surface area contributed by atoms with Crippen molar-refractivity contribution in [3.63, 3.8) is 0 Å². The Morgan fingerprint density at radius 1 is 1.36 bits per heavy atom. The third-order valence-corrected chi connectivity index (χ3v) is 2.65. The van der Waals surface area contributed by atoms with Crippen LogP contribution in [0.4, 0.5) is 0 Å². The highest BCUT2D eigenvalue weighted by Gasteiger charge is 2.02. The molecule has 0 aliphatic carbocycles. The van der Waals surface area contributed by atoms with Crippen LogP contribution in [-0.4, -0.2) is 20.3 Å². The van der Waals surface area contributed by atoms with E-state index in [2.05, 4.69) is 15.9 Å². The van der Waals surface area contributed by atoms with Crippen molar-refractivity contribution in [2.24, 2.45) is 0 Å². The number of rotatable bonds is 5. The van der Waals surface area contributed by atoms with Gasteiger partial charge in [-0.25, -0.2) is 0 Å². The van der Waals surface area contributed by atoms with Gasteiger partial charge in [0.05, 0.1) is 11.6 Å². The minimum absolute atomic E-state index is 0.516. The van der Waals surface area contributed by atoms with Gasteiger partial charge in [0, 0.05) is 12.4 Å². The second-order valence-electron chi connectivity index (χ2n) is 2.74. The SMILES string of the molecule is COCCOc1cc(CBr)ccc1Cl. The molecule has 0 atom stereocenters. The highest BCUT2D eigenvalue weighted by Crippen LogP contribution is 2.26. The largest absolute Gasteiger partial charge is 0.490 e. The lowest BCUT2D eigenvalue weighted by Crippen LogP contribution is -2.04. The van der Waals surface area contributed by atoms with Crippen LogP contribution in [0, 0.1) is 0 Å². The van der Waals surface area contributed by atoms with E-state index in [1.54, 1.807) is 7.11 Å². The second kappa shape index (κ2) is 6.27. The zero-order valence-electron chi connectivity index (χ0n) is 7.93. The van der Waals surface area contributed by atoms with Crippen LogP contribution in [0.15, 0.2) is 18.2 Å². The zero-order valence-corrected chi connectivity index (χ0v) is 10.3. The van der Waals surface area contributed by atoms with Gasteiger partial charge in [-0.3, -0.25) is 0 Å². The average Bonchev–Trinajstić information content (AvgIpc) is 2.21. The number of halogens is 2. The molecule has 0 amide bonds. The van der Waals surface area contributed by atoms with Crippen molar-refractivity contribution in [2.45, 2.75) is 5.33 Å². The quantitative estimate of drug-likeness (QED) is 0.608. The van der Waals surface area contributed by atoms with Gasteiger partial charge in [0.25, 0.3) is 0 Å².